The van der Waals surface area contributed by atoms with Crippen molar-refractivity contribution in [2.75, 3.05) is 0 Å². The van der Waals surface area contributed by atoms with Crippen LogP contribution >= 0.6 is 0 Å². The normalized spacial score (nSPS) is 13.5. The fourth-order valence-corrected chi connectivity index (χ4v) is 8.07. The van der Waals surface area contributed by atoms with Crippen LogP contribution in [0.5, 0.6) is 0 Å². The van der Waals surface area contributed by atoms with Crippen LogP contribution in [0.4, 0.5) is 0 Å². The van der Waals surface area contributed by atoms with Crippen LogP contribution in [0.1, 0.15) is 73.4 Å². The van der Waals surface area contributed by atoms with Crippen molar-refractivity contribution in [1.29, 1.82) is 0 Å². The lowest BCUT2D eigenvalue weighted by molar-refractivity contribution is -0.0655. The molecule has 0 amide bonds. The fraction of sp³-hybridized carbons (Fsp3) is 0.500. The van der Waals surface area contributed by atoms with E-state index in [2.05, 4.69) is 131 Å². The van der Waals surface area contributed by atoms with E-state index in [1.807, 2.05) is 0 Å². The van der Waals surface area contributed by atoms with Crippen molar-refractivity contribution in [1.82, 2.24) is 0 Å². The van der Waals surface area contributed by atoms with Gasteiger partial charge in [0.05, 0.1) is 25.6 Å². The van der Waals surface area contributed by atoms with E-state index < -0.39 is 34.4 Å². The third kappa shape index (κ3) is 8.34. The second-order valence-corrected chi connectivity index (χ2v) is 17.3. The van der Waals surface area contributed by atoms with Gasteiger partial charge in [-0.15, -0.1) is 0 Å². The first-order chi connectivity index (χ1) is 14.9. The molecule has 0 fully saturated rings. The van der Waals surface area contributed by atoms with E-state index in [9.17, 15) is 0 Å². The maximum absolute atomic E-state index is 6.72. The molecule has 0 heterocycles. The molecule has 0 atom stereocenters. The fourth-order valence-electron chi connectivity index (χ4n) is 3.58. The monoisotopic (exact) mass is 484 g/mol. The smallest absolute Gasteiger partial charge is 0.365 e. The van der Waals surface area contributed by atoms with E-state index in [4.69, 9.17) is 13.3 Å². The summed E-state index contributed by atoms with van der Waals surface area (Å²) in [5.74, 6) is 0. The first-order valence-electron chi connectivity index (χ1n) is 11.9. The molecule has 0 aliphatic heterocycles. The largest absolute Gasteiger partial charge is 0.538 e. The second kappa shape index (κ2) is 10.0. The lowest BCUT2D eigenvalue weighted by Crippen LogP contribution is -2.64. The molecule has 0 spiro atoms. The molecule has 0 unspecified atom stereocenters. The average Bonchev–Trinajstić information content (AvgIpc) is 2.63. The van der Waals surface area contributed by atoms with Gasteiger partial charge in [-0.25, -0.2) is 0 Å². The van der Waals surface area contributed by atoms with E-state index in [0.717, 1.165) is 21.9 Å². The predicted octanol–water partition coefficient (Wildman–Crippen LogP) is 6.03. The number of rotatable bonds is 7. The first kappa shape index (κ1) is 27.7. The van der Waals surface area contributed by atoms with Gasteiger partial charge in [0.2, 0.25) is 0 Å². The van der Waals surface area contributed by atoms with Gasteiger partial charge in [0.15, 0.2) is 0 Å². The summed E-state index contributed by atoms with van der Waals surface area (Å²) in [6.07, 6.45) is 0. The van der Waals surface area contributed by atoms with E-state index in [1.165, 1.54) is 5.19 Å². The standard InChI is InChI=1S/C28H44O3Si2/c1-21(22-16-18-24(19-17-22)32(11)12)23-14-13-15-25(20-23)33(29-26(2,3)4,30-27(5,6)7)31-28(8,9)10/h13-20,32H,1H2,2-12H3. The summed E-state index contributed by atoms with van der Waals surface area (Å²) in [4.78, 5) is 0. The highest BCUT2D eigenvalue weighted by molar-refractivity contribution is 6.75. The Bertz CT molecular complexity index is 902. The maximum Gasteiger partial charge on any atom is 0.538 e. The van der Waals surface area contributed by atoms with Gasteiger partial charge >= 0.3 is 8.80 Å². The Labute approximate surface area is 205 Å². The van der Waals surface area contributed by atoms with Crippen LogP contribution in [0.3, 0.4) is 0 Å². The van der Waals surface area contributed by atoms with Crippen molar-refractivity contribution >= 4 is 33.5 Å². The molecule has 0 bridgehead atoms. The van der Waals surface area contributed by atoms with Gasteiger partial charge in [0.25, 0.3) is 0 Å². The number of benzene rings is 2. The van der Waals surface area contributed by atoms with Crippen molar-refractivity contribution in [2.24, 2.45) is 0 Å². The van der Waals surface area contributed by atoms with Gasteiger partial charge < -0.3 is 13.3 Å². The van der Waals surface area contributed by atoms with Gasteiger partial charge in [-0.2, -0.15) is 0 Å². The minimum Gasteiger partial charge on any atom is -0.365 e. The van der Waals surface area contributed by atoms with Crippen LogP contribution in [0.2, 0.25) is 13.1 Å². The van der Waals surface area contributed by atoms with Crippen molar-refractivity contribution in [2.45, 2.75) is 92.2 Å². The van der Waals surface area contributed by atoms with E-state index in [1.54, 1.807) is 0 Å². The minimum atomic E-state index is -3.32. The SMILES string of the molecule is C=C(c1ccc([SiH](C)C)cc1)c1cccc([Si](OC(C)(C)C)(OC(C)(C)C)OC(C)(C)C)c1. The first-order valence-corrected chi connectivity index (χ1v) is 16.5. The molecule has 0 saturated carbocycles. The average molecular weight is 485 g/mol. The third-order valence-electron chi connectivity index (χ3n) is 4.81. The quantitative estimate of drug-likeness (QED) is 0.449. The van der Waals surface area contributed by atoms with E-state index in [-0.39, 0.29) is 0 Å². The van der Waals surface area contributed by atoms with Crippen molar-refractivity contribution in [3.63, 3.8) is 0 Å². The van der Waals surface area contributed by atoms with Gasteiger partial charge in [0, 0.05) is 5.19 Å². The second-order valence-electron chi connectivity index (χ2n) is 12.0. The zero-order valence-corrected chi connectivity index (χ0v) is 24.8. The Balaban J connectivity index is 2.59. The topological polar surface area (TPSA) is 27.7 Å². The van der Waals surface area contributed by atoms with Crippen LogP contribution in [0.15, 0.2) is 55.1 Å². The Morgan fingerprint density at radius 3 is 1.55 bits per heavy atom. The van der Waals surface area contributed by atoms with Crippen LogP contribution in [-0.2, 0) is 13.3 Å². The van der Waals surface area contributed by atoms with Crippen LogP contribution < -0.4 is 10.4 Å². The Kier molecular flexibility index (Phi) is 8.41. The zero-order valence-electron chi connectivity index (χ0n) is 22.6. The molecule has 2 aromatic rings. The van der Waals surface area contributed by atoms with Crippen molar-refractivity contribution in [3.05, 3.63) is 66.2 Å². The van der Waals surface area contributed by atoms with Crippen LogP contribution in [0.25, 0.3) is 5.57 Å². The molecule has 3 nitrogen and oxygen atoms in total. The van der Waals surface area contributed by atoms with E-state index >= 15 is 0 Å². The third-order valence-corrected chi connectivity index (χ3v) is 10.2. The molecule has 0 saturated heterocycles. The molecule has 0 radical (unpaired) electrons. The molecule has 182 valence electrons. The summed E-state index contributed by atoms with van der Waals surface area (Å²) in [5.41, 5.74) is 1.85. The Morgan fingerprint density at radius 1 is 0.697 bits per heavy atom. The highest BCUT2D eigenvalue weighted by Gasteiger charge is 2.52. The summed E-state index contributed by atoms with van der Waals surface area (Å²) < 4.78 is 20.1. The van der Waals surface area contributed by atoms with Gasteiger partial charge in [-0.3, -0.25) is 0 Å². The molecule has 2 aromatic carbocycles. The molecule has 0 aromatic heterocycles. The molecule has 0 aliphatic rings. The van der Waals surface area contributed by atoms with Crippen molar-refractivity contribution < 1.29 is 13.3 Å². The predicted molar refractivity (Wildman–Crippen MR) is 147 cm³/mol. The molecule has 0 N–H and O–H groups in total. The molecule has 2 rings (SSSR count). The van der Waals surface area contributed by atoms with E-state index in [0.29, 0.717) is 0 Å². The van der Waals surface area contributed by atoms with Crippen LogP contribution in [-0.4, -0.2) is 34.4 Å². The Morgan fingerprint density at radius 2 is 1.15 bits per heavy atom. The highest BCUT2D eigenvalue weighted by atomic mass is 28.4. The summed E-state index contributed by atoms with van der Waals surface area (Å²) in [5, 5.41) is 2.41. The molecular weight excluding hydrogens is 440 g/mol. The molecule has 0 aliphatic carbocycles. The number of hydrogen-bond acceptors (Lipinski definition) is 3. The lowest BCUT2D eigenvalue weighted by Gasteiger charge is -2.43. The minimum absolute atomic E-state index is 0.438. The number of hydrogen-bond donors (Lipinski definition) is 0. The maximum atomic E-state index is 6.72. The molecule has 33 heavy (non-hydrogen) atoms. The molecule has 5 heteroatoms. The zero-order chi connectivity index (χ0) is 25.2. The van der Waals surface area contributed by atoms with Crippen molar-refractivity contribution in [3.8, 4) is 0 Å². The lowest BCUT2D eigenvalue weighted by atomic mass is 10.00. The highest BCUT2D eigenvalue weighted by Crippen LogP contribution is 2.30. The van der Waals surface area contributed by atoms with Gasteiger partial charge in [0.1, 0.15) is 0 Å². The summed E-state index contributed by atoms with van der Waals surface area (Å²) in [6.45, 7) is 27.6. The summed E-state index contributed by atoms with van der Waals surface area (Å²) >= 11 is 0. The van der Waals surface area contributed by atoms with Crippen LogP contribution in [0, 0.1) is 0 Å². The summed E-state index contributed by atoms with van der Waals surface area (Å²) in [7, 11) is -4.14. The summed E-state index contributed by atoms with van der Waals surface area (Å²) in [6, 6.07) is 17.2. The Hall–Kier alpha value is -1.51. The molecular formula is C28H44O3Si2. The van der Waals surface area contributed by atoms with Gasteiger partial charge in [-0.05, 0) is 85.1 Å². The van der Waals surface area contributed by atoms with Gasteiger partial charge in [-0.1, -0.05) is 67.3 Å².